The number of carbonyl (C=O) groups excluding carboxylic acids is 1. The highest BCUT2D eigenvalue weighted by Crippen LogP contribution is 2.14. The lowest BCUT2D eigenvalue weighted by Crippen LogP contribution is -2.44. The first-order valence-electron chi connectivity index (χ1n) is 8.04. The van der Waals surface area contributed by atoms with Crippen molar-refractivity contribution in [1.82, 2.24) is 10.6 Å². The van der Waals surface area contributed by atoms with E-state index >= 15 is 0 Å². The summed E-state index contributed by atoms with van der Waals surface area (Å²) in [5.74, 6) is 0.439. The molecule has 0 aliphatic carbocycles. The van der Waals surface area contributed by atoms with Crippen molar-refractivity contribution in [3.8, 4) is 0 Å². The van der Waals surface area contributed by atoms with Crippen molar-refractivity contribution in [2.24, 2.45) is 5.92 Å². The maximum Gasteiger partial charge on any atom is 0.323 e. The molecule has 1 atom stereocenters. The second-order valence-electron chi connectivity index (χ2n) is 5.74. The molecule has 22 heavy (non-hydrogen) atoms. The Kier molecular flexibility index (Phi) is 7.16. The molecule has 0 saturated carbocycles. The first kappa shape index (κ1) is 17.3. The van der Waals surface area contributed by atoms with Crippen LogP contribution in [0.3, 0.4) is 0 Å². The smallest absolute Gasteiger partial charge is 0.323 e. The molecule has 0 bridgehead atoms. The third-order valence-corrected chi connectivity index (χ3v) is 4.25. The number of piperidine rings is 1. The van der Waals surface area contributed by atoms with E-state index in [4.69, 9.17) is 16.3 Å². The van der Waals surface area contributed by atoms with E-state index in [1.807, 2.05) is 31.2 Å². The predicted octanol–water partition coefficient (Wildman–Crippen LogP) is 2.40. The number of benzene rings is 1. The van der Waals surface area contributed by atoms with Crippen LogP contribution in [0.25, 0.3) is 0 Å². The van der Waals surface area contributed by atoms with E-state index in [0.29, 0.717) is 24.0 Å². The van der Waals surface area contributed by atoms with Gasteiger partial charge in [0.05, 0.1) is 6.61 Å². The molecule has 0 spiro atoms. The van der Waals surface area contributed by atoms with Crippen LogP contribution in [0.1, 0.15) is 25.3 Å². The maximum absolute atomic E-state index is 12.2. The number of ether oxygens (including phenoxy) is 1. The Balaban J connectivity index is 1.94. The Hall–Kier alpha value is -1.10. The fourth-order valence-corrected chi connectivity index (χ4v) is 2.99. The van der Waals surface area contributed by atoms with Crippen molar-refractivity contribution in [1.29, 1.82) is 0 Å². The molecule has 1 heterocycles. The van der Waals surface area contributed by atoms with Gasteiger partial charge in [-0.3, -0.25) is 4.79 Å². The third-order valence-electron chi connectivity index (χ3n) is 4.01. The largest absolute Gasteiger partial charge is 0.465 e. The molecule has 1 fully saturated rings. The second kappa shape index (κ2) is 9.13. The quantitative estimate of drug-likeness (QED) is 0.756. The molecule has 0 amide bonds. The Labute approximate surface area is 137 Å². The molecule has 1 aliphatic rings. The molecule has 0 radical (unpaired) electrons. The summed E-state index contributed by atoms with van der Waals surface area (Å²) >= 11 is 6.02. The first-order chi connectivity index (χ1) is 10.7. The summed E-state index contributed by atoms with van der Waals surface area (Å²) in [5, 5.41) is 7.45. The molecule has 2 rings (SSSR count). The molecule has 1 aromatic carbocycles. The van der Waals surface area contributed by atoms with Gasteiger partial charge in [-0.1, -0.05) is 23.7 Å². The van der Waals surface area contributed by atoms with Gasteiger partial charge in [0.15, 0.2) is 0 Å². The van der Waals surface area contributed by atoms with Crippen LogP contribution in [-0.4, -0.2) is 38.3 Å². The van der Waals surface area contributed by atoms with E-state index in [0.717, 1.165) is 38.0 Å². The summed E-state index contributed by atoms with van der Waals surface area (Å²) in [6, 6.07) is 7.33. The minimum Gasteiger partial charge on any atom is -0.465 e. The molecule has 1 saturated heterocycles. The van der Waals surface area contributed by atoms with E-state index in [9.17, 15) is 4.79 Å². The molecule has 1 aliphatic heterocycles. The van der Waals surface area contributed by atoms with Crippen LogP contribution in [0.2, 0.25) is 5.02 Å². The van der Waals surface area contributed by atoms with Gasteiger partial charge >= 0.3 is 5.97 Å². The Morgan fingerprint density at radius 1 is 1.45 bits per heavy atom. The van der Waals surface area contributed by atoms with Crippen LogP contribution in [0.4, 0.5) is 0 Å². The van der Waals surface area contributed by atoms with Crippen molar-refractivity contribution in [2.75, 3.05) is 26.2 Å². The number of nitrogens with one attached hydrogen (secondary N) is 2. The zero-order valence-corrected chi connectivity index (χ0v) is 13.9. The maximum atomic E-state index is 12.2. The normalized spacial score (nSPS) is 17.2. The van der Waals surface area contributed by atoms with Gasteiger partial charge in [0, 0.05) is 5.02 Å². The minimum atomic E-state index is -0.312. The molecular formula is C17H25ClN2O2. The number of rotatable bonds is 7. The topological polar surface area (TPSA) is 50.4 Å². The van der Waals surface area contributed by atoms with E-state index in [2.05, 4.69) is 10.6 Å². The number of carbonyl (C=O) groups is 1. The van der Waals surface area contributed by atoms with E-state index in [1.165, 1.54) is 0 Å². The van der Waals surface area contributed by atoms with Gasteiger partial charge in [-0.15, -0.1) is 0 Å². The van der Waals surface area contributed by atoms with Crippen molar-refractivity contribution in [3.63, 3.8) is 0 Å². The summed E-state index contributed by atoms with van der Waals surface area (Å²) in [4.78, 5) is 12.2. The highest BCUT2D eigenvalue weighted by Gasteiger charge is 2.22. The van der Waals surface area contributed by atoms with Crippen LogP contribution >= 0.6 is 11.6 Å². The van der Waals surface area contributed by atoms with Gasteiger partial charge in [-0.05, 0) is 69.4 Å². The summed E-state index contributed by atoms with van der Waals surface area (Å²) in [7, 11) is 0. The summed E-state index contributed by atoms with van der Waals surface area (Å²) in [6.07, 6.45) is 2.91. The molecule has 122 valence electrons. The lowest BCUT2D eigenvalue weighted by Gasteiger charge is -2.25. The van der Waals surface area contributed by atoms with Gasteiger partial charge in [0.1, 0.15) is 6.04 Å². The van der Waals surface area contributed by atoms with Crippen LogP contribution in [0, 0.1) is 5.92 Å². The molecular weight excluding hydrogens is 300 g/mol. The van der Waals surface area contributed by atoms with Crippen molar-refractivity contribution < 1.29 is 9.53 Å². The first-order valence-corrected chi connectivity index (χ1v) is 8.42. The standard InChI is InChI=1S/C17H25ClN2O2/c1-2-22-17(21)16(11-14-4-3-5-15(18)10-14)20-12-13-6-8-19-9-7-13/h3-5,10,13,16,19-20H,2,6-9,11-12H2,1H3. The fourth-order valence-electron chi connectivity index (χ4n) is 2.78. The van der Waals surface area contributed by atoms with Crippen LogP contribution in [0.5, 0.6) is 0 Å². The zero-order valence-electron chi connectivity index (χ0n) is 13.1. The van der Waals surface area contributed by atoms with Crippen LogP contribution < -0.4 is 10.6 Å². The van der Waals surface area contributed by atoms with Gasteiger partial charge in [0.25, 0.3) is 0 Å². The Morgan fingerprint density at radius 2 is 2.23 bits per heavy atom. The summed E-state index contributed by atoms with van der Waals surface area (Å²) in [6.45, 7) is 5.21. The second-order valence-corrected chi connectivity index (χ2v) is 6.18. The molecule has 5 heteroatoms. The number of hydrogen-bond donors (Lipinski definition) is 2. The monoisotopic (exact) mass is 324 g/mol. The Morgan fingerprint density at radius 3 is 2.91 bits per heavy atom. The number of halogens is 1. The van der Waals surface area contributed by atoms with E-state index < -0.39 is 0 Å². The number of hydrogen-bond acceptors (Lipinski definition) is 4. The highest BCUT2D eigenvalue weighted by atomic mass is 35.5. The average Bonchev–Trinajstić information content (AvgIpc) is 2.52. The molecule has 0 aromatic heterocycles. The van der Waals surface area contributed by atoms with Gasteiger partial charge in [-0.2, -0.15) is 0 Å². The summed E-state index contributed by atoms with van der Waals surface area (Å²) in [5.41, 5.74) is 1.04. The lowest BCUT2D eigenvalue weighted by atomic mass is 9.97. The zero-order chi connectivity index (χ0) is 15.8. The van der Waals surface area contributed by atoms with Crippen LogP contribution in [0.15, 0.2) is 24.3 Å². The van der Waals surface area contributed by atoms with Crippen LogP contribution in [-0.2, 0) is 16.0 Å². The highest BCUT2D eigenvalue weighted by molar-refractivity contribution is 6.30. The van der Waals surface area contributed by atoms with Crippen molar-refractivity contribution in [3.05, 3.63) is 34.9 Å². The average molecular weight is 325 g/mol. The van der Waals surface area contributed by atoms with Gasteiger partial charge in [0.2, 0.25) is 0 Å². The molecule has 2 N–H and O–H groups in total. The van der Waals surface area contributed by atoms with E-state index in [1.54, 1.807) is 0 Å². The van der Waals surface area contributed by atoms with Crippen molar-refractivity contribution in [2.45, 2.75) is 32.2 Å². The van der Waals surface area contributed by atoms with Crippen molar-refractivity contribution >= 4 is 17.6 Å². The minimum absolute atomic E-state index is 0.184. The molecule has 1 unspecified atom stereocenters. The summed E-state index contributed by atoms with van der Waals surface area (Å²) < 4.78 is 5.20. The third kappa shape index (κ3) is 5.59. The molecule has 4 nitrogen and oxygen atoms in total. The Bertz CT molecular complexity index is 475. The molecule has 1 aromatic rings. The van der Waals surface area contributed by atoms with Gasteiger partial charge in [-0.25, -0.2) is 0 Å². The van der Waals surface area contributed by atoms with E-state index in [-0.39, 0.29) is 12.0 Å². The van der Waals surface area contributed by atoms with Gasteiger partial charge < -0.3 is 15.4 Å². The number of esters is 1. The SMILES string of the molecule is CCOC(=O)C(Cc1cccc(Cl)c1)NCC1CCNCC1. The fraction of sp³-hybridized carbons (Fsp3) is 0.588. The predicted molar refractivity (Wildman–Crippen MR) is 89.2 cm³/mol. The lowest BCUT2D eigenvalue weighted by molar-refractivity contribution is -0.145.